The number of hydrogen-bond donors (Lipinski definition) is 2. The predicted molar refractivity (Wildman–Crippen MR) is 93.6 cm³/mol. The molecule has 2 N–H and O–H groups in total. The summed E-state index contributed by atoms with van der Waals surface area (Å²) in [5.74, 6) is 1.44. The number of aryl methyl sites for hydroxylation is 1. The van der Waals surface area contributed by atoms with Gasteiger partial charge in [-0.3, -0.25) is 0 Å². The molecule has 1 aliphatic carbocycles. The second-order valence-corrected chi connectivity index (χ2v) is 6.16. The molecule has 23 heavy (non-hydrogen) atoms. The zero-order chi connectivity index (χ0) is 15.7. The first kappa shape index (κ1) is 15.7. The van der Waals surface area contributed by atoms with Gasteiger partial charge < -0.3 is 10.6 Å². The maximum Gasteiger partial charge on any atom is 0.244 e. The lowest BCUT2D eigenvalue weighted by Crippen LogP contribution is -2.23. The van der Waals surface area contributed by atoms with Crippen LogP contribution in [0.5, 0.6) is 0 Å². The Hall–Kier alpha value is -2.17. The summed E-state index contributed by atoms with van der Waals surface area (Å²) in [6.07, 6.45) is 10.2. The van der Waals surface area contributed by atoms with Crippen molar-refractivity contribution in [1.29, 1.82) is 0 Å². The van der Waals surface area contributed by atoms with Crippen LogP contribution in [0.2, 0.25) is 0 Å². The topological polar surface area (TPSA) is 62.7 Å². The standard InChI is InChI=1S/C18H25N5/c1-3-8-15(9-4-1)10-7-13-19-18-22-17(14-20-23-18)21-16-11-5-2-6-12-16/h1,3-4,8-9,14,16H,2,5-7,10-13H2,(H2,19,21,22,23). The summed E-state index contributed by atoms with van der Waals surface area (Å²) < 4.78 is 0. The molecule has 1 aromatic carbocycles. The van der Waals surface area contributed by atoms with Gasteiger partial charge in [-0.15, -0.1) is 5.10 Å². The van der Waals surface area contributed by atoms with Gasteiger partial charge in [0, 0.05) is 12.6 Å². The van der Waals surface area contributed by atoms with Gasteiger partial charge in [-0.05, 0) is 31.2 Å². The number of hydrogen-bond acceptors (Lipinski definition) is 5. The lowest BCUT2D eigenvalue weighted by Gasteiger charge is -2.23. The van der Waals surface area contributed by atoms with Crippen LogP contribution in [-0.4, -0.2) is 27.8 Å². The van der Waals surface area contributed by atoms with Crippen LogP contribution >= 0.6 is 0 Å². The summed E-state index contributed by atoms with van der Waals surface area (Å²) in [5.41, 5.74) is 1.36. The molecule has 0 unspecified atom stereocenters. The monoisotopic (exact) mass is 311 g/mol. The fraction of sp³-hybridized carbons (Fsp3) is 0.500. The molecule has 1 aliphatic rings. The van der Waals surface area contributed by atoms with Crippen LogP contribution in [0.15, 0.2) is 36.5 Å². The summed E-state index contributed by atoms with van der Waals surface area (Å²) in [4.78, 5) is 4.52. The molecule has 0 spiro atoms. The summed E-state index contributed by atoms with van der Waals surface area (Å²) >= 11 is 0. The van der Waals surface area contributed by atoms with Gasteiger partial charge >= 0.3 is 0 Å². The van der Waals surface area contributed by atoms with Crippen molar-refractivity contribution in [3.63, 3.8) is 0 Å². The van der Waals surface area contributed by atoms with E-state index in [4.69, 9.17) is 0 Å². The average Bonchev–Trinajstić information content (AvgIpc) is 2.61. The van der Waals surface area contributed by atoms with E-state index in [2.05, 4.69) is 50.1 Å². The highest BCUT2D eigenvalue weighted by molar-refractivity contribution is 5.37. The fourth-order valence-corrected chi connectivity index (χ4v) is 3.04. The van der Waals surface area contributed by atoms with Crippen LogP contribution in [0, 0.1) is 0 Å². The van der Waals surface area contributed by atoms with Gasteiger partial charge in [0.1, 0.15) is 0 Å². The van der Waals surface area contributed by atoms with E-state index in [9.17, 15) is 0 Å². The SMILES string of the molecule is c1ccc(CCCNc2nncc(NC3CCCCC3)n2)cc1. The highest BCUT2D eigenvalue weighted by Gasteiger charge is 2.13. The molecule has 0 aliphatic heterocycles. The number of rotatable bonds is 7. The molecule has 2 aromatic rings. The summed E-state index contributed by atoms with van der Waals surface area (Å²) in [5, 5.41) is 14.9. The van der Waals surface area contributed by atoms with E-state index in [1.165, 1.54) is 37.7 Å². The van der Waals surface area contributed by atoms with E-state index < -0.39 is 0 Å². The Morgan fingerprint density at radius 2 is 1.87 bits per heavy atom. The number of aromatic nitrogens is 3. The first-order chi connectivity index (χ1) is 11.4. The second kappa shape index (κ2) is 8.46. The van der Waals surface area contributed by atoms with Gasteiger partial charge in [0.25, 0.3) is 0 Å². The normalized spacial score (nSPS) is 15.3. The molecule has 3 rings (SSSR count). The van der Waals surface area contributed by atoms with Crippen molar-refractivity contribution < 1.29 is 0 Å². The predicted octanol–water partition coefficient (Wildman–Crippen LogP) is 3.66. The van der Waals surface area contributed by atoms with Crippen molar-refractivity contribution >= 4 is 11.8 Å². The van der Waals surface area contributed by atoms with Crippen LogP contribution < -0.4 is 10.6 Å². The summed E-state index contributed by atoms with van der Waals surface area (Å²) in [7, 11) is 0. The van der Waals surface area contributed by atoms with Crippen molar-refractivity contribution in [1.82, 2.24) is 15.2 Å². The Labute approximate surface area is 137 Å². The molecule has 1 fully saturated rings. The summed E-state index contributed by atoms with van der Waals surface area (Å²) in [6.45, 7) is 0.851. The molecule has 1 heterocycles. The van der Waals surface area contributed by atoms with E-state index in [0.717, 1.165) is 25.2 Å². The molecule has 0 bridgehead atoms. The lowest BCUT2D eigenvalue weighted by molar-refractivity contribution is 0.461. The maximum absolute atomic E-state index is 4.52. The Morgan fingerprint density at radius 3 is 2.70 bits per heavy atom. The van der Waals surface area contributed by atoms with Crippen LogP contribution in [0.1, 0.15) is 44.1 Å². The summed E-state index contributed by atoms with van der Waals surface area (Å²) in [6, 6.07) is 11.1. The van der Waals surface area contributed by atoms with Crippen LogP contribution in [-0.2, 0) is 6.42 Å². The molecule has 1 aromatic heterocycles. The highest BCUT2D eigenvalue weighted by atomic mass is 15.3. The van der Waals surface area contributed by atoms with Gasteiger partial charge in [-0.2, -0.15) is 10.1 Å². The van der Waals surface area contributed by atoms with Gasteiger partial charge in [0.2, 0.25) is 5.95 Å². The third-order valence-corrected chi connectivity index (χ3v) is 4.28. The number of benzene rings is 1. The average molecular weight is 311 g/mol. The van der Waals surface area contributed by atoms with E-state index in [-0.39, 0.29) is 0 Å². The molecular weight excluding hydrogens is 286 g/mol. The fourth-order valence-electron chi connectivity index (χ4n) is 3.04. The third-order valence-electron chi connectivity index (χ3n) is 4.28. The van der Waals surface area contributed by atoms with E-state index in [1.54, 1.807) is 6.20 Å². The van der Waals surface area contributed by atoms with Gasteiger partial charge in [-0.1, -0.05) is 49.6 Å². The minimum Gasteiger partial charge on any atom is -0.366 e. The first-order valence-corrected chi connectivity index (χ1v) is 8.64. The molecule has 0 amide bonds. The number of nitrogens with one attached hydrogen (secondary N) is 2. The quantitative estimate of drug-likeness (QED) is 0.764. The van der Waals surface area contributed by atoms with Crippen LogP contribution in [0.4, 0.5) is 11.8 Å². The van der Waals surface area contributed by atoms with Crippen molar-refractivity contribution in [3.05, 3.63) is 42.1 Å². The van der Waals surface area contributed by atoms with Crippen molar-refractivity contribution in [2.75, 3.05) is 17.2 Å². The minimum atomic E-state index is 0.534. The highest BCUT2D eigenvalue weighted by Crippen LogP contribution is 2.20. The second-order valence-electron chi connectivity index (χ2n) is 6.16. The van der Waals surface area contributed by atoms with E-state index in [1.807, 2.05) is 6.07 Å². The molecule has 0 atom stereocenters. The Balaban J connectivity index is 1.43. The zero-order valence-electron chi connectivity index (χ0n) is 13.5. The Kier molecular flexibility index (Phi) is 5.78. The smallest absolute Gasteiger partial charge is 0.244 e. The minimum absolute atomic E-state index is 0.534. The van der Waals surface area contributed by atoms with Crippen molar-refractivity contribution in [2.45, 2.75) is 51.0 Å². The van der Waals surface area contributed by atoms with Gasteiger partial charge in [0.05, 0.1) is 6.20 Å². The first-order valence-electron chi connectivity index (χ1n) is 8.64. The molecule has 0 saturated heterocycles. The molecule has 5 heteroatoms. The zero-order valence-corrected chi connectivity index (χ0v) is 13.5. The Bertz CT molecular complexity index is 581. The van der Waals surface area contributed by atoms with Gasteiger partial charge in [0.15, 0.2) is 5.82 Å². The molecule has 5 nitrogen and oxygen atoms in total. The molecule has 122 valence electrons. The lowest BCUT2D eigenvalue weighted by atomic mass is 9.96. The van der Waals surface area contributed by atoms with Crippen molar-refractivity contribution in [3.8, 4) is 0 Å². The Morgan fingerprint density at radius 1 is 1.04 bits per heavy atom. The number of anilines is 2. The van der Waals surface area contributed by atoms with E-state index in [0.29, 0.717) is 12.0 Å². The maximum atomic E-state index is 4.52. The van der Waals surface area contributed by atoms with Gasteiger partial charge in [-0.25, -0.2) is 0 Å². The van der Waals surface area contributed by atoms with Crippen molar-refractivity contribution in [2.24, 2.45) is 0 Å². The largest absolute Gasteiger partial charge is 0.366 e. The third kappa shape index (κ3) is 5.20. The molecule has 0 radical (unpaired) electrons. The van der Waals surface area contributed by atoms with E-state index >= 15 is 0 Å². The van der Waals surface area contributed by atoms with Crippen LogP contribution in [0.3, 0.4) is 0 Å². The molecule has 1 saturated carbocycles. The van der Waals surface area contributed by atoms with Crippen LogP contribution in [0.25, 0.3) is 0 Å². The molecular formula is C18H25N5. The number of nitrogens with zero attached hydrogens (tertiary/aromatic N) is 3.